The van der Waals surface area contributed by atoms with Crippen LogP contribution in [0.3, 0.4) is 0 Å². The zero-order chi connectivity index (χ0) is 15.3. The van der Waals surface area contributed by atoms with Crippen LogP contribution in [0.1, 0.15) is 38.9 Å². The van der Waals surface area contributed by atoms with Gasteiger partial charge in [0.05, 0.1) is 25.9 Å². The molecule has 0 bridgehead atoms. The Kier molecular flexibility index (Phi) is 5.62. The van der Waals surface area contributed by atoms with E-state index in [0.29, 0.717) is 6.61 Å². The zero-order valence-corrected chi connectivity index (χ0v) is 13.5. The monoisotopic (exact) mass is 293 g/mol. The molecule has 0 radical (unpaired) electrons. The second-order valence-corrected chi connectivity index (χ2v) is 6.51. The minimum Gasteiger partial charge on any atom is -0.497 e. The second-order valence-electron chi connectivity index (χ2n) is 6.51. The van der Waals surface area contributed by atoms with Gasteiger partial charge in [-0.05, 0) is 44.9 Å². The molecule has 0 amide bonds. The molecule has 1 saturated heterocycles. The number of benzene rings is 1. The summed E-state index contributed by atoms with van der Waals surface area (Å²) in [4.78, 5) is 0. The van der Waals surface area contributed by atoms with Gasteiger partial charge in [-0.3, -0.25) is 0 Å². The Labute approximate surface area is 127 Å². The van der Waals surface area contributed by atoms with Crippen molar-refractivity contribution in [1.82, 2.24) is 5.32 Å². The second kappa shape index (κ2) is 7.25. The van der Waals surface area contributed by atoms with E-state index >= 15 is 0 Å². The molecule has 2 unspecified atom stereocenters. The fourth-order valence-electron chi connectivity index (χ4n) is 2.31. The molecular weight excluding hydrogens is 266 g/mol. The fraction of sp³-hybridized carbons (Fsp3) is 0.647. The van der Waals surface area contributed by atoms with E-state index in [1.165, 1.54) is 5.56 Å². The Balaban J connectivity index is 2.05. The van der Waals surface area contributed by atoms with Crippen molar-refractivity contribution in [2.24, 2.45) is 0 Å². The smallest absolute Gasteiger partial charge is 0.118 e. The summed E-state index contributed by atoms with van der Waals surface area (Å²) in [5.41, 5.74) is 1.24. The van der Waals surface area contributed by atoms with Gasteiger partial charge in [0.1, 0.15) is 5.75 Å². The third-order valence-corrected chi connectivity index (χ3v) is 3.55. The Bertz CT molecular complexity index is 419. The first-order chi connectivity index (χ1) is 9.98. The molecule has 0 spiro atoms. The first-order valence-corrected chi connectivity index (χ1v) is 7.60. The lowest BCUT2D eigenvalue weighted by atomic mass is 10.1. The van der Waals surface area contributed by atoms with E-state index in [1.54, 1.807) is 7.11 Å². The van der Waals surface area contributed by atoms with E-state index in [0.717, 1.165) is 25.3 Å². The predicted octanol–water partition coefficient (Wildman–Crippen LogP) is 2.93. The van der Waals surface area contributed by atoms with Crippen LogP contribution in [0.15, 0.2) is 24.3 Å². The van der Waals surface area contributed by atoms with Crippen LogP contribution in [0, 0.1) is 0 Å². The van der Waals surface area contributed by atoms with Crippen LogP contribution in [-0.4, -0.2) is 38.5 Å². The molecule has 1 aliphatic heterocycles. The van der Waals surface area contributed by atoms with Gasteiger partial charge in [-0.15, -0.1) is 0 Å². The topological polar surface area (TPSA) is 39.7 Å². The minimum absolute atomic E-state index is 0.0295. The number of hydrogen-bond acceptors (Lipinski definition) is 4. The maximum Gasteiger partial charge on any atom is 0.118 e. The molecule has 118 valence electrons. The Hall–Kier alpha value is -1.10. The number of hydrogen-bond donors (Lipinski definition) is 1. The number of rotatable bonds is 6. The highest BCUT2D eigenvalue weighted by atomic mass is 16.6. The van der Waals surface area contributed by atoms with Crippen LogP contribution in [0.4, 0.5) is 0 Å². The molecule has 1 aliphatic rings. The summed E-state index contributed by atoms with van der Waals surface area (Å²) in [6.07, 6.45) is 1.20. The SMILES string of the molecule is COc1ccc(C(CNC(C)(C)C)OC2CCOC2)cc1. The zero-order valence-electron chi connectivity index (χ0n) is 13.5. The normalized spacial score (nSPS) is 20.5. The molecule has 1 aromatic carbocycles. The summed E-state index contributed by atoms with van der Waals surface area (Å²) >= 11 is 0. The van der Waals surface area contributed by atoms with Crippen molar-refractivity contribution in [3.05, 3.63) is 29.8 Å². The molecule has 4 nitrogen and oxygen atoms in total. The molecule has 1 heterocycles. The highest BCUT2D eigenvalue weighted by Gasteiger charge is 2.23. The first-order valence-electron chi connectivity index (χ1n) is 7.60. The van der Waals surface area contributed by atoms with E-state index < -0.39 is 0 Å². The van der Waals surface area contributed by atoms with Gasteiger partial charge in [0.2, 0.25) is 0 Å². The van der Waals surface area contributed by atoms with Gasteiger partial charge in [0.15, 0.2) is 0 Å². The molecule has 21 heavy (non-hydrogen) atoms. The quantitative estimate of drug-likeness (QED) is 0.875. The summed E-state index contributed by atoms with van der Waals surface area (Å²) in [5.74, 6) is 0.866. The average molecular weight is 293 g/mol. The highest BCUT2D eigenvalue weighted by Crippen LogP contribution is 2.24. The summed E-state index contributed by atoms with van der Waals surface area (Å²) in [6, 6.07) is 8.11. The van der Waals surface area contributed by atoms with E-state index in [9.17, 15) is 0 Å². The Morgan fingerprint density at radius 3 is 2.52 bits per heavy atom. The molecule has 0 aliphatic carbocycles. The number of nitrogens with one attached hydrogen (secondary N) is 1. The van der Waals surface area contributed by atoms with Crippen LogP contribution in [0.25, 0.3) is 0 Å². The molecule has 2 rings (SSSR count). The first kappa shape index (κ1) is 16.3. The average Bonchev–Trinajstić information content (AvgIpc) is 2.95. The highest BCUT2D eigenvalue weighted by molar-refractivity contribution is 5.28. The molecule has 2 atom stereocenters. The van der Waals surface area contributed by atoms with E-state index in [4.69, 9.17) is 14.2 Å². The van der Waals surface area contributed by atoms with Crippen LogP contribution >= 0.6 is 0 Å². The van der Waals surface area contributed by atoms with Gasteiger partial charge in [0.25, 0.3) is 0 Å². The summed E-state index contributed by atoms with van der Waals surface area (Å²) in [5, 5.41) is 3.53. The van der Waals surface area contributed by atoms with E-state index in [-0.39, 0.29) is 17.7 Å². The van der Waals surface area contributed by atoms with Crippen LogP contribution < -0.4 is 10.1 Å². The van der Waals surface area contributed by atoms with Crippen molar-refractivity contribution in [3.63, 3.8) is 0 Å². The molecule has 4 heteroatoms. The van der Waals surface area contributed by atoms with Gasteiger partial charge in [-0.1, -0.05) is 12.1 Å². The van der Waals surface area contributed by atoms with Crippen molar-refractivity contribution in [2.75, 3.05) is 26.9 Å². The van der Waals surface area contributed by atoms with Crippen molar-refractivity contribution < 1.29 is 14.2 Å². The third-order valence-electron chi connectivity index (χ3n) is 3.55. The summed E-state index contributed by atoms with van der Waals surface area (Å²) in [6.45, 7) is 8.77. The van der Waals surface area contributed by atoms with Gasteiger partial charge in [0, 0.05) is 18.7 Å². The van der Waals surface area contributed by atoms with Gasteiger partial charge >= 0.3 is 0 Å². The molecule has 0 saturated carbocycles. The van der Waals surface area contributed by atoms with Gasteiger partial charge < -0.3 is 19.5 Å². The lowest BCUT2D eigenvalue weighted by molar-refractivity contribution is -0.0188. The lowest BCUT2D eigenvalue weighted by Gasteiger charge is -2.27. The molecule has 0 aromatic heterocycles. The van der Waals surface area contributed by atoms with Crippen molar-refractivity contribution in [2.45, 2.75) is 44.9 Å². The predicted molar refractivity (Wildman–Crippen MR) is 83.8 cm³/mol. The van der Waals surface area contributed by atoms with Crippen molar-refractivity contribution in [3.8, 4) is 5.75 Å². The summed E-state index contributed by atoms with van der Waals surface area (Å²) in [7, 11) is 1.68. The molecule has 1 aromatic rings. The Morgan fingerprint density at radius 1 is 1.29 bits per heavy atom. The molecule has 1 fully saturated rings. The van der Waals surface area contributed by atoms with E-state index in [2.05, 4.69) is 38.2 Å². The van der Waals surface area contributed by atoms with Crippen LogP contribution in [-0.2, 0) is 9.47 Å². The fourth-order valence-corrected chi connectivity index (χ4v) is 2.31. The van der Waals surface area contributed by atoms with Crippen LogP contribution in [0.5, 0.6) is 5.75 Å². The Morgan fingerprint density at radius 2 is 2.00 bits per heavy atom. The number of methoxy groups -OCH3 is 1. The maximum absolute atomic E-state index is 6.24. The van der Waals surface area contributed by atoms with E-state index in [1.807, 2.05) is 12.1 Å². The van der Waals surface area contributed by atoms with Gasteiger partial charge in [-0.25, -0.2) is 0 Å². The summed E-state index contributed by atoms with van der Waals surface area (Å²) < 4.78 is 16.9. The van der Waals surface area contributed by atoms with Gasteiger partial charge in [-0.2, -0.15) is 0 Å². The largest absolute Gasteiger partial charge is 0.497 e. The van der Waals surface area contributed by atoms with Crippen molar-refractivity contribution in [1.29, 1.82) is 0 Å². The minimum atomic E-state index is 0.0295. The molecular formula is C17H27NO3. The maximum atomic E-state index is 6.24. The van der Waals surface area contributed by atoms with Crippen molar-refractivity contribution >= 4 is 0 Å². The molecule has 1 N–H and O–H groups in total. The lowest BCUT2D eigenvalue weighted by Crippen LogP contribution is -2.39. The third kappa shape index (κ3) is 5.30. The van der Waals surface area contributed by atoms with Crippen LogP contribution in [0.2, 0.25) is 0 Å². The number of ether oxygens (including phenoxy) is 3. The standard InChI is InChI=1S/C17H27NO3/c1-17(2,3)18-11-16(21-15-9-10-20-12-15)13-5-7-14(19-4)8-6-13/h5-8,15-16,18H,9-12H2,1-4H3.